The molecular weight excluding hydrogens is 430 g/mol. The van der Waals surface area contributed by atoms with Crippen LogP contribution in [0.15, 0.2) is 41.3 Å². The summed E-state index contributed by atoms with van der Waals surface area (Å²) < 4.78 is 27.2. The Morgan fingerprint density at radius 3 is 2.47 bits per heavy atom. The summed E-state index contributed by atoms with van der Waals surface area (Å²) in [4.78, 5) is 25.4. The lowest BCUT2D eigenvalue weighted by Gasteiger charge is -2.30. The van der Waals surface area contributed by atoms with Gasteiger partial charge in [-0.2, -0.15) is 4.31 Å². The van der Waals surface area contributed by atoms with Crippen molar-refractivity contribution >= 4 is 38.9 Å². The molecule has 30 heavy (non-hydrogen) atoms. The van der Waals surface area contributed by atoms with E-state index in [-0.39, 0.29) is 27.1 Å². The van der Waals surface area contributed by atoms with E-state index in [0.717, 1.165) is 18.4 Å². The summed E-state index contributed by atoms with van der Waals surface area (Å²) in [6, 6.07) is 8.79. The second-order valence-electron chi connectivity index (χ2n) is 7.39. The number of hydrogen-bond donors (Lipinski definition) is 0. The molecule has 2 aromatic rings. The second-order valence-corrected chi connectivity index (χ2v) is 9.73. The maximum Gasteiger partial charge on any atom is 0.288 e. The lowest BCUT2D eigenvalue weighted by atomic mass is 10.0. The van der Waals surface area contributed by atoms with Gasteiger partial charge in [0.05, 0.1) is 9.82 Å². The molecule has 2 aliphatic rings. The number of benzene rings is 2. The first-order valence-corrected chi connectivity index (χ1v) is 11.5. The van der Waals surface area contributed by atoms with Crippen molar-refractivity contribution in [3.8, 4) is 0 Å². The molecule has 158 valence electrons. The molecular formula is C20H20ClN3O5S. The summed E-state index contributed by atoms with van der Waals surface area (Å²) in [5, 5.41) is 11.1. The van der Waals surface area contributed by atoms with E-state index in [4.69, 9.17) is 11.6 Å². The van der Waals surface area contributed by atoms with Gasteiger partial charge in [-0.05, 0) is 61.6 Å². The minimum atomic E-state index is -3.54. The van der Waals surface area contributed by atoms with E-state index in [1.165, 1.54) is 33.5 Å². The zero-order chi connectivity index (χ0) is 21.5. The number of hydrogen-bond acceptors (Lipinski definition) is 5. The fraction of sp³-hybridized carbons (Fsp3) is 0.350. The van der Waals surface area contributed by atoms with Crippen molar-refractivity contribution in [2.45, 2.75) is 30.6 Å². The van der Waals surface area contributed by atoms with Crippen LogP contribution in [0.25, 0.3) is 0 Å². The zero-order valence-electron chi connectivity index (χ0n) is 16.1. The molecule has 0 N–H and O–H groups in total. The van der Waals surface area contributed by atoms with Crippen molar-refractivity contribution < 1.29 is 18.1 Å². The highest BCUT2D eigenvalue weighted by Crippen LogP contribution is 2.33. The molecule has 1 fully saturated rings. The van der Waals surface area contributed by atoms with Crippen LogP contribution in [0.2, 0.25) is 5.02 Å². The van der Waals surface area contributed by atoms with E-state index in [1.807, 2.05) is 0 Å². The molecule has 2 aliphatic heterocycles. The Morgan fingerprint density at radius 2 is 1.77 bits per heavy atom. The third kappa shape index (κ3) is 3.68. The number of nitro groups is 1. The Bertz CT molecular complexity index is 1130. The van der Waals surface area contributed by atoms with Crippen LogP contribution in [0.5, 0.6) is 0 Å². The third-order valence-corrected chi connectivity index (χ3v) is 7.72. The fourth-order valence-electron chi connectivity index (χ4n) is 3.96. The Morgan fingerprint density at radius 1 is 1.03 bits per heavy atom. The Balaban J connectivity index is 1.67. The fourth-order valence-corrected chi connectivity index (χ4v) is 5.72. The lowest BCUT2D eigenvalue weighted by Crippen LogP contribution is -2.36. The topological polar surface area (TPSA) is 101 Å². The lowest BCUT2D eigenvalue weighted by molar-refractivity contribution is -0.384. The first-order valence-electron chi connectivity index (χ1n) is 9.68. The van der Waals surface area contributed by atoms with Gasteiger partial charge in [0.2, 0.25) is 10.0 Å². The van der Waals surface area contributed by atoms with Crippen LogP contribution in [-0.4, -0.2) is 43.2 Å². The highest BCUT2D eigenvalue weighted by atomic mass is 35.5. The monoisotopic (exact) mass is 449 g/mol. The van der Waals surface area contributed by atoms with Gasteiger partial charge in [-0.1, -0.05) is 11.6 Å². The van der Waals surface area contributed by atoms with Gasteiger partial charge in [0.25, 0.3) is 11.6 Å². The molecule has 10 heteroatoms. The summed E-state index contributed by atoms with van der Waals surface area (Å²) in [7, 11) is -3.54. The van der Waals surface area contributed by atoms with Gasteiger partial charge < -0.3 is 4.90 Å². The quantitative estimate of drug-likeness (QED) is 0.524. The van der Waals surface area contributed by atoms with Crippen molar-refractivity contribution in [2.75, 3.05) is 24.5 Å². The van der Waals surface area contributed by atoms with E-state index in [2.05, 4.69) is 0 Å². The van der Waals surface area contributed by atoms with Crippen LogP contribution < -0.4 is 4.90 Å². The van der Waals surface area contributed by atoms with Gasteiger partial charge in [0.1, 0.15) is 5.02 Å². The molecule has 0 saturated carbocycles. The number of rotatable bonds is 4. The van der Waals surface area contributed by atoms with E-state index in [1.54, 1.807) is 12.1 Å². The maximum atomic E-state index is 13.1. The first-order chi connectivity index (χ1) is 14.3. The number of fused-ring (bicyclic) bond motifs is 1. The number of carbonyl (C=O) groups excluding carboxylic acids is 1. The molecule has 2 aromatic carbocycles. The number of nitrogens with zero attached hydrogens (tertiary/aromatic N) is 3. The summed E-state index contributed by atoms with van der Waals surface area (Å²) in [6.45, 7) is 1.50. The second kappa shape index (κ2) is 7.98. The van der Waals surface area contributed by atoms with Crippen molar-refractivity contribution in [3.05, 3.63) is 62.7 Å². The number of nitro benzene ring substituents is 1. The number of carbonyl (C=O) groups is 1. The van der Waals surface area contributed by atoms with Crippen LogP contribution >= 0.6 is 11.6 Å². The van der Waals surface area contributed by atoms with Crippen molar-refractivity contribution in [2.24, 2.45) is 0 Å². The molecule has 0 spiro atoms. The average molecular weight is 450 g/mol. The smallest absolute Gasteiger partial charge is 0.288 e. The van der Waals surface area contributed by atoms with Gasteiger partial charge in [-0.25, -0.2) is 8.42 Å². The standard InChI is InChI=1S/C20H20ClN3O5S/c21-17-7-5-15(13-19(17)24(26)27)20(25)23-11-3-4-14-12-16(6-8-18(14)23)30(28,29)22-9-1-2-10-22/h5-8,12-13H,1-4,9-11H2. The van der Waals surface area contributed by atoms with E-state index >= 15 is 0 Å². The number of halogens is 1. The molecule has 0 radical (unpaired) electrons. The van der Waals surface area contributed by atoms with Crippen molar-refractivity contribution in [1.29, 1.82) is 0 Å². The molecule has 0 unspecified atom stereocenters. The average Bonchev–Trinajstić information content (AvgIpc) is 3.28. The number of amides is 1. The molecule has 0 bridgehead atoms. The number of aryl methyl sites for hydroxylation is 1. The van der Waals surface area contributed by atoms with Crippen LogP contribution in [-0.2, 0) is 16.4 Å². The molecule has 0 aromatic heterocycles. The predicted octanol–water partition coefficient (Wildman–Crippen LogP) is 3.63. The van der Waals surface area contributed by atoms with Crippen LogP contribution in [0.1, 0.15) is 35.2 Å². The Kier molecular flexibility index (Phi) is 5.52. The van der Waals surface area contributed by atoms with Crippen molar-refractivity contribution in [3.63, 3.8) is 0 Å². The Labute approximate surface area is 179 Å². The number of sulfonamides is 1. The maximum absolute atomic E-state index is 13.1. The minimum Gasteiger partial charge on any atom is -0.308 e. The molecule has 0 aliphatic carbocycles. The highest BCUT2D eigenvalue weighted by molar-refractivity contribution is 7.89. The van der Waals surface area contributed by atoms with Gasteiger partial charge in [-0.3, -0.25) is 14.9 Å². The minimum absolute atomic E-state index is 0.0349. The van der Waals surface area contributed by atoms with E-state index in [0.29, 0.717) is 38.2 Å². The molecule has 0 atom stereocenters. The molecule has 4 rings (SSSR count). The summed E-state index contributed by atoms with van der Waals surface area (Å²) in [6.07, 6.45) is 3.05. The molecule has 1 amide bonds. The van der Waals surface area contributed by atoms with Crippen LogP contribution in [0, 0.1) is 10.1 Å². The SMILES string of the molecule is O=C(c1ccc(Cl)c([N+](=O)[O-])c1)N1CCCc2cc(S(=O)(=O)N3CCCC3)ccc21. The van der Waals surface area contributed by atoms with Crippen LogP contribution in [0.4, 0.5) is 11.4 Å². The van der Waals surface area contributed by atoms with Gasteiger partial charge >= 0.3 is 0 Å². The van der Waals surface area contributed by atoms with Crippen molar-refractivity contribution in [1.82, 2.24) is 4.31 Å². The first kappa shape index (κ1) is 20.8. The molecule has 8 nitrogen and oxygen atoms in total. The van der Waals surface area contributed by atoms with Gasteiger partial charge in [0.15, 0.2) is 0 Å². The van der Waals surface area contributed by atoms with Crippen LogP contribution in [0.3, 0.4) is 0 Å². The third-order valence-electron chi connectivity index (χ3n) is 5.51. The number of anilines is 1. The van der Waals surface area contributed by atoms with E-state index < -0.39 is 14.9 Å². The summed E-state index contributed by atoms with van der Waals surface area (Å²) >= 11 is 5.85. The van der Waals surface area contributed by atoms with Gasteiger partial charge in [-0.15, -0.1) is 0 Å². The largest absolute Gasteiger partial charge is 0.308 e. The highest BCUT2D eigenvalue weighted by Gasteiger charge is 2.30. The van der Waals surface area contributed by atoms with Gasteiger partial charge in [0, 0.05) is 37.0 Å². The molecule has 1 saturated heterocycles. The predicted molar refractivity (Wildman–Crippen MR) is 113 cm³/mol. The normalized spacial score (nSPS) is 17.0. The summed E-state index contributed by atoms with van der Waals surface area (Å²) in [5.41, 5.74) is 1.24. The van der Waals surface area contributed by atoms with E-state index in [9.17, 15) is 23.3 Å². The zero-order valence-corrected chi connectivity index (χ0v) is 17.7. The molecule has 2 heterocycles. The Hall–Kier alpha value is -2.49. The summed E-state index contributed by atoms with van der Waals surface area (Å²) in [5.74, 6) is -0.383.